The molecule has 1 aromatic rings. The second-order valence-electron chi connectivity index (χ2n) is 2.35. The van der Waals surface area contributed by atoms with Crippen molar-refractivity contribution in [2.24, 2.45) is 5.16 Å². The van der Waals surface area contributed by atoms with Gasteiger partial charge in [-0.3, -0.25) is 0 Å². The Morgan fingerprint density at radius 2 is 2.38 bits per heavy atom. The van der Waals surface area contributed by atoms with Gasteiger partial charge in [0.05, 0.1) is 6.61 Å². The topological polar surface area (TPSA) is 41.8 Å². The van der Waals surface area contributed by atoms with Crippen molar-refractivity contribution in [1.29, 1.82) is 0 Å². The van der Waals surface area contributed by atoms with Crippen LogP contribution in [0.1, 0.15) is 12.5 Å². The molecule has 0 aliphatic rings. The summed E-state index contributed by atoms with van der Waals surface area (Å²) in [7, 11) is 0. The van der Waals surface area contributed by atoms with Gasteiger partial charge >= 0.3 is 0 Å². The molecule has 0 heterocycles. The first-order valence-electron chi connectivity index (χ1n) is 3.88. The molecule has 1 aromatic carbocycles. The lowest BCUT2D eigenvalue weighted by atomic mass is 10.2. The summed E-state index contributed by atoms with van der Waals surface area (Å²) in [6.45, 7) is 2.49. The SMILES string of the molecule is CCOc1cccc(C(Cl)=NO)c1. The van der Waals surface area contributed by atoms with Gasteiger partial charge < -0.3 is 9.94 Å². The summed E-state index contributed by atoms with van der Waals surface area (Å²) in [5.74, 6) is 0.710. The van der Waals surface area contributed by atoms with Crippen LogP contribution in [0.4, 0.5) is 0 Å². The van der Waals surface area contributed by atoms with Gasteiger partial charge in [-0.05, 0) is 19.1 Å². The van der Waals surface area contributed by atoms with Gasteiger partial charge in [-0.1, -0.05) is 28.9 Å². The van der Waals surface area contributed by atoms with E-state index in [0.29, 0.717) is 17.9 Å². The molecule has 1 N–H and O–H groups in total. The highest BCUT2D eigenvalue weighted by atomic mass is 35.5. The fourth-order valence-corrected chi connectivity index (χ4v) is 1.06. The van der Waals surface area contributed by atoms with Crippen LogP contribution in [0.3, 0.4) is 0 Å². The van der Waals surface area contributed by atoms with Gasteiger partial charge in [0.15, 0.2) is 5.17 Å². The summed E-state index contributed by atoms with van der Waals surface area (Å²) < 4.78 is 5.25. The van der Waals surface area contributed by atoms with E-state index < -0.39 is 0 Å². The van der Waals surface area contributed by atoms with Crippen molar-refractivity contribution >= 4 is 16.8 Å². The van der Waals surface area contributed by atoms with E-state index in [9.17, 15) is 0 Å². The van der Waals surface area contributed by atoms with Gasteiger partial charge in [0.2, 0.25) is 0 Å². The minimum atomic E-state index is 0.0570. The fourth-order valence-electron chi connectivity index (χ4n) is 0.939. The van der Waals surface area contributed by atoms with E-state index in [1.807, 2.05) is 13.0 Å². The van der Waals surface area contributed by atoms with Gasteiger partial charge in [0.1, 0.15) is 5.75 Å². The Balaban J connectivity index is 2.91. The van der Waals surface area contributed by atoms with E-state index in [2.05, 4.69) is 5.16 Å². The zero-order chi connectivity index (χ0) is 9.68. The quantitative estimate of drug-likeness (QED) is 0.462. The molecule has 3 nitrogen and oxygen atoms in total. The maximum absolute atomic E-state index is 8.42. The van der Waals surface area contributed by atoms with E-state index >= 15 is 0 Å². The molecule has 0 atom stereocenters. The van der Waals surface area contributed by atoms with Crippen LogP contribution in [-0.2, 0) is 0 Å². The van der Waals surface area contributed by atoms with Crippen LogP contribution >= 0.6 is 11.6 Å². The van der Waals surface area contributed by atoms with E-state index in [4.69, 9.17) is 21.5 Å². The van der Waals surface area contributed by atoms with Crippen LogP contribution in [0.15, 0.2) is 29.4 Å². The predicted molar refractivity (Wildman–Crippen MR) is 51.8 cm³/mol. The number of ether oxygens (including phenoxy) is 1. The molecule has 0 saturated heterocycles. The molecule has 0 fully saturated rings. The smallest absolute Gasteiger partial charge is 0.175 e. The van der Waals surface area contributed by atoms with Crippen molar-refractivity contribution in [3.05, 3.63) is 29.8 Å². The van der Waals surface area contributed by atoms with Crippen LogP contribution in [-0.4, -0.2) is 17.0 Å². The number of halogens is 1. The van der Waals surface area contributed by atoms with E-state index in [1.54, 1.807) is 18.2 Å². The largest absolute Gasteiger partial charge is 0.494 e. The molecule has 0 saturated carbocycles. The lowest BCUT2D eigenvalue weighted by Gasteiger charge is -2.03. The van der Waals surface area contributed by atoms with Gasteiger partial charge in [-0.2, -0.15) is 0 Å². The summed E-state index contributed by atoms with van der Waals surface area (Å²) in [6, 6.07) is 7.05. The summed E-state index contributed by atoms with van der Waals surface area (Å²) in [4.78, 5) is 0. The average molecular weight is 200 g/mol. The highest BCUT2D eigenvalue weighted by molar-refractivity contribution is 6.69. The number of oxime groups is 1. The molecule has 0 amide bonds. The molecule has 70 valence electrons. The minimum Gasteiger partial charge on any atom is -0.494 e. The van der Waals surface area contributed by atoms with Crippen molar-refractivity contribution in [1.82, 2.24) is 0 Å². The summed E-state index contributed by atoms with van der Waals surface area (Å²) in [5.41, 5.74) is 0.634. The third-order valence-electron chi connectivity index (χ3n) is 1.47. The molecular weight excluding hydrogens is 190 g/mol. The Kier molecular flexibility index (Phi) is 3.58. The first kappa shape index (κ1) is 9.86. The highest BCUT2D eigenvalue weighted by Crippen LogP contribution is 2.15. The summed E-state index contributed by atoms with van der Waals surface area (Å²) in [5, 5.41) is 11.4. The number of hydrogen-bond acceptors (Lipinski definition) is 3. The van der Waals surface area contributed by atoms with Crippen LogP contribution < -0.4 is 4.74 Å². The Hall–Kier alpha value is -1.22. The first-order chi connectivity index (χ1) is 6.27. The zero-order valence-corrected chi connectivity index (χ0v) is 7.95. The van der Waals surface area contributed by atoms with Gasteiger partial charge in [-0.15, -0.1) is 0 Å². The number of benzene rings is 1. The number of nitrogens with zero attached hydrogens (tertiary/aromatic N) is 1. The molecule has 0 aromatic heterocycles. The van der Waals surface area contributed by atoms with Crippen LogP contribution in [0.2, 0.25) is 0 Å². The lowest BCUT2D eigenvalue weighted by molar-refractivity contribution is 0.320. The molecule has 0 spiro atoms. The Bertz CT molecular complexity index is 312. The van der Waals surface area contributed by atoms with Crippen LogP contribution in [0.5, 0.6) is 5.75 Å². The molecule has 0 unspecified atom stereocenters. The molecule has 13 heavy (non-hydrogen) atoms. The van der Waals surface area contributed by atoms with Crippen LogP contribution in [0.25, 0.3) is 0 Å². The van der Waals surface area contributed by atoms with Gasteiger partial charge in [0, 0.05) is 5.56 Å². The zero-order valence-electron chi connectivity index (χ0n) is 7.20. The number of hydrogen-bond donors (Lipinski definition) is 1. The number of rotatable bonds is 3. The molecule has 0 bridgehead atoms. The molecular formula is C9H10ClNO2. The van der Waals surface area contributed by atoms with E-state index in [0.717, 1.165) is 0 Å². The predicted octanol–water partition coefficient (Wildman–Crippen LogP) is 2.46. The lowest BCUT2D eigenvalue weighted by Crippen LogP contribution is -1.95. The second-order valence-corrected chi connectivity index (χ2v) is 2.71. The molecule has 0 aliphatic heterocycles. The molecule has 0 aliphatic carbocycles. The van der Waals surface area contributed by atoms with Crippen molar-refractivity contribution in [2.75, 3.05) is 6.61 Å². The van der Waals surface area contributed by atoms with Gasteiger partial charge in [-0.25, -0.2) is 0 Å². The summed E-state index contributed by atoms with van der Waals surface area (Å²) >= 11 is 5.61. The van der Waals surface area contributed by atoms with Crippen molar-refractivity contribution in [3.8, 4) is 5.75 Å². The van der Waals surface area contributed by atoms with Crippen molar-refractivity contribution < 1.29 is 9.94 Å². The normalized spacial score (nSPS) is 11.4. The highest BCUT2D eigenvalue weighted by Gasteiger charge is 2.01. The summed E-state index contributed by atoms with van der Waals surface area (Å²) in [6.07, 6.45) is 0. The Labute approximate surface area is 81.6 Å². The molecule has 0 radical (unpaired) electrons. The third kappa shape index (κ3) is 2.63. The first-order valence-corrected chi connectivity index (χ1v) is 4.26. The second kappa shape index (κ2) is 4.72. The third-order valence-corrected chi connectivity index (χ3v) is 1.76. The maximum atomic E-state index is 8.42. The minimum absolute atomic E-state index is 0.0570. The monoisotopic (exact) mass is 199 g/mol. The molecule has 4 heteroatoms. The van der Waals surface area contributed by atoms with Crippen molar-refractivity contribution in [3.63, 3.8) is 0 Å². The maximum Gasteiger partial charge on any atom is 0.175 e. The Morgan fingerprint density at radius 1 is 1.62 bits per heavy atom. The average Bonchev–Trinajstić information content (AvgIpc) is 2.18. The fraction of sp³-hybridized carbons (Fsp3) is 0.222. The van der Waals surface area contributed by atoms with Crippen LogP contribution in [0, 0.1) is 0 Å². The molecule has 1 rings (SSSR count). The van der Waals surface area contributed by atoms with Crippen molar-refractivity contribution in [2.45, 2.75) is 6.92 Å². The van der Waals surface area contributed by atoms with Gasteiger partial charge in [0.25, 0.3) is 0 Å². The van der Waals surface area contributed by atoms with E-state index in [1.165, 1.54) is 0 Å². The van der Waals surface area contributed by atoms with E-state index in [-0.39, 0.29) is 5.17 Å². The standard InChI is InChI=1S/C9H10ClNO2/c1-2-13-8-5-3-4-7(6-8)9(10)11-12/h3-6,12H,2H2,1H3. The Morgan fingerprint density at radius 3 is 3.00 bits per heavy atom.